The van der Waals surface area contributed by atoms with Gasteiger partial charge in [-0.2, -0.15) is 0 Å². The number of nitrogens with zero attached hydrogens (tertiary/aromatic N) is 3. The Hall–Kier alpha value is -3.08. The number of imidazole rings is 1. The van der Waals surface area contributed by atoms with E-state index < -0.39 is 0 Å². The second-order valence-electron chi connectivity index (χ2n) is 7.21. The van der Waals surface area contributed by atoms with Crippen LogP contribution in [0.4, 0.5) is 5.69 Å². The molecule has 3 heterocycles. The van der Waals surface area contributed by atoms with Crippen molar-refractivity contribution in [3.8, 4) is 17.1 Å². The summed E-state index contributed by atoms with van der Waals surface area (Å²) in [5.74, 6) is 0.897. The summed E-state index contributed by atoms with van der Waals surface area (Å²) < 4.78 is 2.05. The molecule has 1 N–H and O–H groups in total. The highest BCUT2D eigenvalue weighted by Crippen LogP contribution is 2.27. The van der Waals surface area contributed by atoms with Crippen LogP contribution in [0.5, 0.6) is 0 Å². The number of carbonyl (C=O) groups is 1. The molecule has 0 bridgehead atoms. The third-order valence-electron chi connectivity index (χ3n) is 5.53. The molecule has 136 valence electrons. The lowest BCUT2D eigenvalue weighted by molar-refractivity contribution is 0.0946. The minimum Gasteiger partial charge on any atom is -0.372 e. The lowest BCUT2D eigenvalue weighted by atomic mass is 9.99. The van der Waals surface area contributed by atoms with Gasteiger partial charge in [-0.15, -0.1) is 0 Å². The first-order chi connectivity index (χ1) is 13.3. The van der Waals surface area contributed by atoms with Gasteiger partial charge in [-0.05, 0) is 61.2 Å². The molecule has 0 spiro atoms. The van der Waals surface area contributed by atoms with Crippen molar-refractivity contribution in [3.05, 3.63) is 66.0 Å². The van der Waals surface area contributed by atoms with Gasteiger partial charge in [0.05, 0.1) is 0 Å². The van der Waals surface area contributed by atoms with E-state index in [2.05, 4.69) is 51.6 Å². The molecular weight excluding hydrogens is 336 g/mol. The van der Waals surface area contributed by atoms with Crippen molar-refractivity contribution in [2.75, 3.05) is 24.5 Å². The highest BCUT2D eigenvalue weighted by molar-refractivity contribution is 5.97. The Labute approximate surface area is 158 Å². The van der Waals surface area contributed by atoms with Gasteiger partial charge < -0.3 is 10.2 Å². The van der Waals surface area contributed by atoms with E-state index in [4.69, 9.17) is 0 Å². The number of amides is 1. The van der Waals surface area contributed by atoms with Gasteiger partial charge in [-0.1, -0.05) is 6.07 Å². The molecule has 0 saturated carbocycles. The zero-order valence-electron chi connectivity index (χ0n) is 15.2. The minimum atomic E-state index is 0.00901. The average molecular weight is 358 g/mol. The maximum atomic E-state index is 12.2. The third kappa shape index (κ3) is 2.89. The van der Waals surface area contributed by atoms with Crippen molar-refractivity contribution in [2.45, 2.75) is 19.3 Å². The van der Waals surface area contributed by atoms with Crippen molar-refractivity contribution in [1.29, 1.82) is 0 Å². The topological polar surface area (TPSA) is 50.2 Å². The molecule has 1 amide bonds. The number of hydrogen-bond acceptors (Lipinski definition) is 3. The summed E-state index contributed by atoms with van der Waals surface area (Å²) in [5.41, 5.74) is 5.19. The first kappa shape index (κ1) is 16.1. The average Bonchev–Trinajstić information content (AvgIpc) is 3.40. The highest BCUT2D eigenvalue weighted by atomic mass is 16.1. The Morgan fingerprint density at radius 1 is 0.963 bits per heavy atom. The Bertz CT molecular complexity index is 984. The second-order valence-corrected chi connectivity index (χ2v) is 7.21. The van der Waals surface area contributed by atoms with Crippen LogP contribution in [0.2, 0.25) is 0 Å². The van der Waals surface area contributed by atoms with Gasteiger partial charge in [0.2, 0.25) is 0 Å². The number of anilines is 1. The molecule has 0 radical (unpaired) electrons. The first-order valence-electron chi connectivity index (χ1n) is 9.60. The smallest absolute Gasteiger partial charge is 0.251 e. The number of benzene rings is 2. The van der Waals surface area contributed by atoms with Crippen molar-refractivity contribution in [1.82, 2.24) is 14.9 Å². The summed E-state index contributed by atoms with van der Waals surface area (Å²) >= 11 is 0. The molecule has 0 aliphatic carbocycles. The monoisotopic (exact) mass is 358 g/mol. The van der Waals surface area contributed by atoms with Gasteiger partial charge in [0, 0.05) is 54.5 Å². The lowest BCUT2D eigenvalue weighted by Gasteiger charge is -2.19. The van der Waals surface area contributed by atoms with Gasteiger partial charge in [0.1, 0.15) is 5.82 Å². The molecule has 3 aromatic rings. The maximum absolute atomic E-state index is 12.2. The predicted molar refractivity (Wildman–Crippen MR) is 106 cm³/mol. The van der Waals surface area contributed by atoms with Gasteiger partial charge in [-0.3, -0.25) is 9.36 Å². The molecule has 5 heteroatoms. The van der Waals surface area contributed by atoms with E-state index >= 15 is 0 Å². The minimum absolute atomic E-state index is 0.00901. The van der Waals surface area contributed by atoms with E-state index in [1.165, 1.54) is 18.5 Å². The van der Waals surface area contributed by atoms with Crippen molar-refractivity contribution in [3.63, 3.8) is 0 Å². The van der Waals surface area contributed by atoms with Crippen molar-refractivity contribution in [2.24, 2.45) is 0 Å². The van der Waals surface area contributed by atoms with Crippen LogP contribution in [0, 0.1) is 0 Å². The number of hydrogen-bond donors (Lipinski definition) is 1. The maximum Gasteiger partial charge on any atom is 0.251 e. The number of carbonyl (C=O) groups excluding carboxylic acids is 1. The zero-order chi connectivity index (χ0) is 18.2. The van der Waals surface area contributed by atoms with E-state index in [1.807, 2.05) is 23.0 Å². The highest BCUT2D eigenvalue weighted by Gasteiger charge is 2.18. The van der Waals surface area contributed by atoms with Crippen LogP contribution in [0.3, 0.4) is 0 Å². The number of nitrogens with one attached hydrogen (secondary N) is 1. The van der Waals surface area contributed by atoms with Crippen LogP contribution < -0.4 is 10.2 Å². The van der Waals surface area contributed by atoms with Gasteiger partial charge in [0.15, 0.2) is 0 Å². The molecule has 1 fully saturated rings. The Kier molecular flexibility index (Phi) is 3.93. The molecule has 5 rings (SSSR count). The quantitative estimate of drug-likeness (QED) is 0.780. The van der Waals surface area contributed by atoms with E-state index in [1.54, 1.807) is 0 Å². The van der Waals surface area contributed by atoms with E-state index in [9.17, 15) is 4.79 Å². The van der Waals surface area contributed by atoms with E-state index in [0.717, 1.165) is 47.7 Å². The van der Waals surface area contributed by atoms with Crippen LogP contribution in [-0.4, -0.2) is 35.1 Å². The predicted octanol–water partition coefficient (Wildman–Crippen LogP) is 3.43. The van der Waals surface area contributed by atoms with Crippen LogP contribution >= 0.6 is 0 Å². The van der Waals surface area contributed by atoms with E-state index in [0.29, 0.717) is 6.54 Å². The zero-order valence-corrected chi connectivity index (χ0v) is 15.2. The number of rotatable bonds is 3. The summed E-state index contributed by atoms with van der Waals surface area (Å²) in [6.45, 7) is 3.00. The van der Waals surface area contributed by atoms with Gasteiger partial charge in [0.25, 0.3) is 5.91 Å². The molecular formula is C22H22N4O. The van der Waals surface area contributed by atoms with Crippen LogP contribution in [-0.2, 0) is 6.42 Å². The summed E-state index contributed by atoms with van der Waals surface area (Å²) in [5, 5.41) is 2.92. The summed E-state index contributed by atoms with van der Waals surface area (Å²) in [6, 6.07) is 14.7. The van der Waals surface area contributed by atoms with Gasteiger partial charge >= 0.3 is 0 Å². The van der Waals surface area contributed by atoms with Crippen LogP contribution in [0.25, 0.3) is 17.1 Å². The molecule has 1 aromatic heterocycles. The SMILES string of the molecule is O=C1NCCc2ccc(-n3ccnc3-c3ccc(N4CCCC4)cc3)cc21. The standard InChI is InChI=1S/C22H22N4O/c27-22-20-15-19(8-3-16(20)9-10-24-22)26-14-11-23-21(26)17-4-6-18(7-5-17)25-12-1-2-13-25/h3-8,11,14-15H,1-2,9-10,12-13H2,(H,24,27). The normalized spacial score (nSPS) is 16.3. The van der Waals surface area contributed by atoms with Crippen molar-refractivity contribution < 1.29 is 4.79 Å². The van der Waals surface area contributed by atoms with Crippen molar-refractivity contribution >= 4 is 11.6 Å². The third-order valence-corrected chi connectivity index (χ3v) is 5.53. The van der Waals surface area contributed by atoms with Crippen LogP contribution in [0.1, 0.15) is 28.8 Å². The Balaban J connectivity index is 1.49. The fourth-order valence-corrected chi connectivity index (χ4v) is 4.07. The molecule has 0 unspecified atom stereocenters. The molecule has 2 aliphatic heterocycles. The van der Waals surface area contributed by atoms with E-state index in [-0.39, 0.29) is 5.91 Å². The summed E-state index contributed by atoms with van der Waals surface area (Å²) in [4.78, 5) is 19.2. The molecule has 1 saturated heterocycles. The summed E-state index contributed by atoms with van der Waals surface area (Å²) in [6.07, 6.45) is 7.20. The number of aromatic nitrogens is 2. The number of fused-ring (bicyclic) bond motifs is 1. The molecule has 27 heavy (non-hydrogen) atoms. The largest absolute Gasteiger partial charge is 0.372 e. The fraction of sp³-hybridized carbons (Fsp3) is 0.273. The molecule has 2 aliphatic rings. The first-order valence-corrected chi connectivity index (χ1v) is 9.60. The lowest BCUT2D eigenvalue weighted by Crippen LogP contribution is -2.31. The Morgan fingerprint density at radius 2 is 1.74 bits per heavy atom. The fourth-order valence-electron chi connectivity index (χ4n) is 4.07. The van der Waals surface area contributed by atoms with Gasteiger partial charge in [-0.25, -0.2) is 4.98 Å². The molecule has 5 nitrogen and oxygen atoms in total. The Morgan fingerprint density at radius 3 is 2.56 bits per heavy atom. The second kappa shape index (κ2) is 6.58. The molecule has 2 aromatic carbocycles. The summed E-state index contributed by atoms with van der Waals surface area (Å²) in [7, 11) is 0. The molecule has 0 atom stereocenters. The van der Waals surface area contributed by atoms with Crippen LogP contribution in [0.15, 0.2) is 54.9 Å².